The number of rotatable bonds is 7. The Balaban J connectivity index is 1.73. The van der Waals surface area contributed by atoms with E-state index in [0.717, 1.165) is 63.9 Å². The van der Waals surface area contributed by atoms with Crippen molar-refractivity contribution in [3.63, 3.8) is 0 Å². The Morgan fingerprint density at radius 2 is 1.86 bits per heavy atom. The molecule has 0 unspecified atom stereocenters. The highest BCUT2D eigenvalue weighted by Gasteiger charge is 2.17. The van der Waals surface area contributed by atoms with Crippen LogP contribution in [0.1, 0.15) is 13.8 Å². The molecule has 0 spiro atoms. The van der Waals surface area contributed by atoms with Gasteiger partial charge in [0.2, 0.25) is 0 Å². The number of nitrogens with zero attached hydrogens (tertiary/aromatic N) is 5. The zero-order valence-electron chi connectivity index (χ0n) is 16.2. The van der Waals surface area contributed by atoms with Crippen molar-refractivity contribution in [1.82, 2.24) is 24.4 Å². The van der Waals surface area contributed by atoms with E-state index in [0.29, 0.717) is 0 Å². The van der Waals surface area contributed by atoms with Crippen LogP contribution >= 0.6 is 11.3 Å². The van der Waals surface area contributed by atoms with Gasteiger partial charge in [-0.3, -0.25) is 0 Å². The summed E-state index contributed by atoms with van der Waals surface area (Å²) in [5.41, 5.74) is 3.50. The molecule has 4 rings (SSSR count). The molecular weight excluding hydrogens is 375 g/mol. The number of pyridine rings is 1. The Kier molecular flexibility index (Phi) is 5.23. The van der Waals surface area contributed by atoms with Crippen LogP contribution in [-0.4, -0.2) is 50.6 Å². The molecule has 0 fully saturated rings. The summed E-state index contributed by atoms with van der Waals surface area (Å²) < 4.78 is 15.2. The van der Waals surface area contributed by atoms with Crippen molar-refractivity contribution in [3.05, 3.63) is 36.4 Å². The maximum atomic E-state index is 13.3. The summed E-state index contributed by atoms with van der Waals surface area (Å²) in [7, 11) is 1.96. The number of hydrogen-bond donors (Lipinski definition) is 1. The lowest BCUT2D eigenvalue weighted by Gasteiger charge is -2.18. The zero-order valence-corrected chi connectivity index (χ0v) is 17.1. The number of halogens is 1. The van der Waals surface area contributed by atoms with Crippen LogP contribution in [0.2, 0.25) is 0 Å². The first-order valence-electron chi connectivity index (χ1n) is 9.44. The SMILES string of the molecule is CCN(CC)CCNc1nc2sc(-c3ccc(F)cc3)nc2c2c1ncn2C. The summed E-state index contributed by atoms with van der Waals surface area (Å²) >= 11 is 1.51. The highest BCUT2D eigenvalue weighted by molar-refractivity contribution is 7.21. The first-order valence-corrected chi connectivity index (χ1v) is 10.3. The van der Waals surface area contributed by atoms with Gasteiger partial charge in [0.1, 0.15) is 32.2 Å². The molecule has 0 bridgehead atoms. The summed E-state index contributed by atoms with van der Waals surface area (Å²) in [6.07, 6.45) is 1.79. The number of thiazole rings is 1. The number of fused-ring (bicyclic) bond motifs is 3. The number of aromatic nitrogens is 4. The van der Waals surface area contributed by atoms with E-state index >= 15 is 0 Å². The van der Waals surface area contributed by atoms with Gasteiger partial charge in [0.25, 0.3) is 0 Å². The Morgan fingerprint density at radius 1 is 1.11 bits per heavy atom. The van der Waals surface area contributed by atoms with E-state index in [2.05, 4.69) is 29.0 Å². The minimum absolute atomic E-state index is 0.253. The minimum atomic E-state index is -0.253. The van der Waals surface area contributed by atoms with Crippen LogP contribution in [0.4, 0.5) is 10.2 Å². The normalized spacial score (nSPS) is 11.8. The van der Waals surface area contributed by atoms with Crippen LogP contribution in [0.5, 0.6) is 0 Å². The van der Waals surface area contributed by atoms with Crippen molar-refractivity contribution in [3.8, 4) is 10.6 Å². The maximum absolute atomic E-state index is 13.3. The molecule has 6 nitrogen and oxygen atoms in total. The van der Waals surface area contributed by atoms with Gasteiger partial charge in [0, 0.05) is 25.7 Å². The number of likely N-dealkylation sites (N-methyl/N-ethyl adjacent to an activating group) is 1. The third-order valence-corrected chi connectivity index (χ3v) is 5.91. The number of imidazole rings is 1. The van der Waals surface area contributed by atoms with E-state index in [1.165, 1.54) is 23.5 Å². The van der Waals surface area contributed by atoms with Gasteiger partial charge in [-0.05, 0) is 37.4 Å². The molecule has 1 N–H and O–H groups in total. The highest BCUT2D eigenvalue weighted by Crippen LogP contribution is 2.35. The fourth-order valence-electron chi connectivity index (χ4n) is 3.29. The topological polar surface area (TPSA) is 58.9 Å². The van der Waals surface area contributed by atoms with E-state index in [1.807, 2.05) is 11.6 Å². The van der Waals surface area contributed by atoms with Crippen molar-refractivity contribution in [2.75, 3.05) is 31.5 Å². The van der Waals surface area contributed by atoms with Crippen LogP contribution in [0, 0.1) is 5.82 Å². The van der Waals surface area contributed by atoms with E-state index in [4.69, 9.17) is 9.97 Å². The Hall–Kier alpha value is -2.58. The van der Waals surface area contributed by atoms with Crippen molar-refractivity contribution < 1.29 is 4.39 Å². The van der Waals surface area contributed by atoms with E-state index < -0.39 is 0 Å². The smallest absolute Gasteiger partial charge is 0.156 e. The molecule has 4 aromatic rings. The van der Waals surface area contributed by atoms with Crippen molar-refractivity contribution in [2.45, 2.75) is 13.8 Å². The lowest BCUT2D eigenvalue weighted by molar-refractivity contribution is 0.316. The summed E-state index contributed by atoms with van der Waals surface area (Å²) in [5.74, 6) is 0.529. The number of hydrogen-bond acceptors (Lipinski definition) is 6. The minimum Gasteiger partial charge on any atom is -0.367 e. The lowest BCUT2D eigenvalue weighted by Crippen LogP contribution is -2.28. The van der Waals surface area contributed by atoms with Gasteiger partial charge in [-0.2, -0.15) is 0 Å². The number of benzene rings is 1. The average molecular weight is 399 g/mol. The van der Waals surface area contributed by atoms with Gasteiger partial charge in [-0.1, -0.05) is 25.2 Å². The Morgan fingerprint density at radius 3 is 2.57 bits per heavy atom. The average Bonchev–Trinajstić information content (AvgIpc) is 3.29. The molecule has 0 radical (unpaired) electrons. The quantitative estimate of drug-likeness (QED) is 0.507. The first kappa shape index (κ1) is 18.8. The molecule has 0 aliphatic heterocycles. The molecule has 0 atom stereocenters. The molecule has 3 heterocycles. The highest BCUT2D eigenvalue weighted by atomic mass is 32.1. The van der Waals surface area contributed by atoms with Gasteiger partial charge < -0.3 is 14.8 Å². The third kappa shape index (κ3) is 3.45. The maximum Gasteiger partial charge on any atom is 0.156 e. The molecular formula is C20H23FN6S. The van der Waals surface area contributed by atoms with Gasteiger partial charge in [-0.25, -0.2) is 19.3 Å². The van der Waals surface area contributed by atoms with Crippen molar-refractivity contribution in [2.24, 2.45) is 7.05 Å². The standard InChI is InChI=1S/C20H23FN6S/c1-4-27(5-2)11-10-22-18-15-17(26(3)12-23-15)16-20(25-18)28-19(24-16)13-6-8-14(21)9-7-13/h6-9,12H,4-5,10-11H2,1-3H3,(H,22,25). The van der Waals surface area contributed by atoms with Gasteiger partial charge >= 0.3 is 0 Å². The van der Waals surface area contributed by atoms with Crippen LogP contribution < -0.4 is 5.32 Å². The fraction of sp³-hybridized carbons (Fsp3) is 0.350. The van der Waals surface area contributed by atoms with Crippen LogP contribution in [0.25, 0.3) is 32.0 Å². The first-order chi connectivity index (χ1) is 13.6. The zero-order chi connectivity index (χ0) is 19.7. The molecule has 3 aromatic heterocycles. The molecule has 0 saturated heterocycles. The van der Waals surface area contributed by atoms with Crippen molar-refractivity contribution in [1.29, 1.82) is 0 Å². The second-order valence-corrected chi connectivity index (χ2v) is 7.62. The number of aryl methyl sites for hydroxylation is 1. The summed E-state index contributed by atoms with van der Waals surface area (Å²) in [6.45, 7) is 8.14. The summed E-state index contributed by atoms with van der Waals surface area (Å²) in [4.78, 5) is 17.3. The van der Waals surface area contributed by atoms with Gasteiger partial charge in [0.15, 0.2) is 5.82 Å². The largest absolute Gasteiger partial charge is 0.367 e. The lowest BCUT2D eigenvalue weighted by atomic mass is 10.2. The molecule has 146 valence electrons. The van der Waals surface area contributed by atoms with Crippen LogP contribution in [-0.2, 0) is 7.05 Å². The number of anilines is 1. The predicted octanol–water partition coefficient (Wildman–Crippen LogP) is 4.14. The fourth-order valence-corrected chi connectivity index (χ4v) is 4.24. The van der Waals surface area contributed by atoms with Crippen molar-refractivity contribution >= 4 is 38.5 Å². The van der Waals surface area contributed by atoms with Gasteiger partial charge in [-0.15, -0.1) is 0 Å². The monoisotopic (exact) mass is 398 g/mol. The molecule has 28 heavy (non-hydrogen) atoms. The van der Waals surface area contributed by atoms with E-state index in [-0.39, 0.29) is 5.82 Å². The second kappa shape index (κ2) is 7.81. The Bertz CT molecular complexity index is 1100. The van der Waals surface area contributed by atoms with Crippen LogP contribution in [0.15, 0.2) is 30.6 Å². The molecule has 8 heteroatoms. The Labute approximate surface area is 167 Å². The predicted molar refractivity (Wildman–Crippen MR) is 113 cm³/mol. The molecule has 0 aliphatic rings. The molecule has 0 amide bonds. The van der Waals surface area contributed by atoms with E-state index in [9.17, 15) is 4.39 Å². The molecule has 1 aromatic carbocycles. The van der Waals surface area contributed by atoms with Crippen LogP contribution in [0.3, 0.4) is 0 Å². The van der Waals surface area contributed by atoms with E-state index in [1.54, 1.807) is 18.5 Å². The molecule has 0 aliphatic carbocycles. The second-order valence-electron chi connectivity index (χ2n) is 6.65. The summed E-state index contributed by atoms with van der Waals surface area (Å²) in [6, 6.07) is 6.40. The molecule has 0 saturated carbocycles. The third-order valence-electron chi connectivity index (χ3n) is 4.91. The van der Waals surface area contributed by atoms with Gasteiger partial charge in [0.05, 0.1) is 6.33 Å². The summed E-state index contributed by atoms with van der Waals surface area (Å²) in [5, 5.41) is 4.27. The number of nitrogens with one attached hydrogen (secondary N) is 1.